The van der Waals surface area contributed by atoms with Crippen LogP contribution in [0.4, 0.5) is 0 Å². The molecule has 1 aromatic heterocycles. The Bertz CT molecular complexity index is 802. The molecule has 29 heavy (non-hydrogen) atoms. The number of aromatic nitrogens is 1. The highest BCUT2D eigenvalue weighted by Crippen LogP contribution is 2.26. The number of benzene rings is 1. The van der Waals surface area contributed by atoms with Gasteiger partial charge in [-0.15, -0.1) is 11.3 Å². The standard InChI is InChI=1S/C22H32N4O2S/c1-16(27-4)21-25-18(15-29-21)14-26(3)22(23-2)24-13-17-9-5-8-12-20(17)28-19-10-6-7-11-19/h5,8-9,12,15-16,19H,6-7,10-11,13-14H2,1-4H3,(H,23,24). The molecule has 1 unspecified atom stereocenters. The molecule has 0 saturated heterocycles. The molecule has 0 radical (unpaired) electrons. The SMILES string of the molecule is CN=C(NCc1ccccc1OC1CCCC1)N(C)Cc1csc(C(C)OC)n1. The number of thiazole rings is 1. The van der Waals surface area contributed by atoms with Crippen molar-refractivity contribution in [2.45, 2.75) is 57.9 Å². The van der Waals surface area contributed by atoms with Crippen LogP contribution in [0.3, 0.4) is 0 Å². The first-order chi connectivity index (χ1) is 14.1. The number of hydrogen-bond acceptors (Lipinski definition) is 5. The van der Waals surface area contributed by atoms with Crippen molar-refractivity contribution in [3.63, 3.8) is 0 Å². The molecule has 6 nitrogen and oxygen atoms in total. The first kappa shape index (κ1) is 21.6. The fourth-order valence-electron chi connectivity index (χ4n) is 3.51. The van der Waals surface area contributed by atoms with E-state index in [9.17, 15) is 0 Å². The molecule has 1 saturated carbocycles. The third kappa shape index (κ3) is 5.93. The Labute approximate surface area is 178 Å². The Morgan fingerprint density at radius 3 is 2.83 bits per heavy atom. The molecule has 1 N–H and O–H groups in total. The van der Waals surface area contributed by atoms with Crippen LogP contribution in [-0.2, 0) is 17.8 Å². The third-order valence-corrected chi connectivity index (χ3v) is 6.30. The second kappa shape index (κ2) is 10.6. The first-order valence-corrected chi connectivity index (χ1v) is 11.1. The van der Waals surface area contributed by atoms with E-state index in [4.69, 9.17) is 9.47 Å². The Hall–Kier alpha value is -2.12. The van der Waals surface area contributed by atoms with Gasteiger partial charge in [-0.1, -0.05) is 18.2 Å². The summed E-state index contributed by atoms with van der Waals surface area (Å²) >= 11 is 1.63. The topological polar surface area (TPSA) is 59.0 Å². The van der Waals surface area contributed by atoms with E-state index in [0.29, 0.717) is 19.2 Å². The molecule has 1 atom stereocenters. The molecule has 0 aliphatic heterocycles. The van der Waals surface area contributed by atoms with E-state index in [2.05, 4.69) is 43.8 Å². The Kier molecular flexibility index (Phi) is 7.89. The molecule has 158 valence electrons. The zero-order chi connectivity index (χ0) is 20.6. The molecule has 0 spiro atoms. The number of aliphatic imine (C=N–C) groups is 1. The van der Waals surface area contributed by atoms with Crippen LogP contribution in [0.15, 0.2) is 34.6 Å². The van der Waals surface area contributed by atoms with E-state index in [1.165, 1.54) is 12.8 Å². The molecular formula is C22H32N4O2S. The summed E-state index contributed by atoms with van der Waals surface area (Å²) in [5.74, 6) is 1.80. The van der Waals surface area contributed by atoms with E-state index in [-0.39, 0.29) is 6.10 Å². The first-order valence-electron chi connectivity index (χ1n) is 10.2. The summed E-state index contributed by atoms with van der Waals surface area (Å²) in [7, 11) is 5.53. The predicted octanol–water partition coefficient (Wildman–Crippen LogP) is 4.38. The Balaban J connectivity index is 1.58. The van der Waals surface area contributed by atoms with E-state index in [1.807, 2.05) is 20.0 Å². The van der Waals surface area contributed by atoms with Crippen molar-refractivity contribution in [1.29, 1.82) is 0 Å². The fraction of sp³-hybridized carbons (Fsp3) is 0.545. The van der Waals surface area contributed by atoms with Crippen molar-refractivity contribution in [3.05, 3.63) is 45.9 Å². The zero-order valence-electron chi connectivity index (χ0n) is 17.9. The predicted molar refractivity (Wildman–Crippen MR) is 119 cm³/mol. The lowest BCUT2D eigenvalue weighted by molar-refractivity contribution is 0.119. The lowest BCUT2D eigenvalue weighted by Crippen LogP contribution is -2.38. The van der Waals surface area contributed by atoms with Crippen LogP contribution in [0.1, 0.15) is 55.0 Å². The van der Waals surface area contributed by atoms with Gasteiger partial charge in [-0.3, -0.25) is 4.99 Å². The number of nitrogens with one attached hydrogen (secondary N) is 1. The summed E-state index contributed by atoms with van der Waals surface area (Å²) in [6, 6.07) is 8.27. The van der Waals surface area contributed by atoms with Crippen LogP contribution in [0.5, 0.6) is 5.75 Å². The zero-order valence-corrected chi connectivity index (χ0v) is 18.7. The maximum Gasteiger partial charge on any atom is 0.194 e. The van der Waals surface area contributed by atoms with Crippen LogP contribution in [0.2, 0.25) is 0 Å². The van der Waals surface area contributed by atoms with Crippen LogP contribution in [0, 0.1) is 0 Å². The number of hydrogen-bond donors (Lipinski definition) is 1. The second-order valence-corrected chi connectivity index (χ2v) is 8.33. The monoisotopic (exact) mass is 416 g/mol. The van der Waals surface area contributed by atoms with Crippen LogP contribution in [-0.4, -0.2) is 43.2 Å². The summed E-state index contributed by atoms with van der Waals surface area (Å²) in [6.07, 6.45) is 5.22. The van der Waals surface area contributed by atoms with Gasteiger partial charge in [0.2, 0.25) is 0 Å². The van der Waals surface area contributed by atoms with Gasteiger partial charge in [0.1, 0.15) is 16.9 Å². The average Bonchev–Trinajstić information content (AvgIpc) is 3.41. The van der Waals surface area contributed by atoms with Crippen molar-refractivity contribution in [2.75, 3.05) is 21.2 Å². The van der Waals surface area contributed by atoms with Gasteiger partial charge in [-0.25, -0.2) is 4.98 Å². The molecule has 0 amide bonds. The van der Waals surface area contributed by atoms with Gasteiger partial charge in [-0.05, 0) is 38.7 Å². The van der Waals surface area contributed by atoms with Gasteiger partial charge in [-0.2, -0.15) is 0 Å². The van der Waals surface area contributed by atoms with Crippen molar-refractivity contribution in [1.82, 2.24) is 15.2 Å². The quantitative estimate of drug-likeness (QED) is 0.511. The minimum absolute atomic E-state index is 0.0212. The van der Waals surface area contributed by atoms with Crippen molar-refractivity contribution in [3.8, 4) is 5.75 Å². The molecule has 1 heterocycles. The number of rotatable bonds is 8. The van der Waals surface area contributed by atoms with Crippen molar-refractivity contribution in [2.24, 2.45) is 4.99 Å². The van der Waals surface area contributed by atoms with E-state index >= 15 is 0 Å². The van der Waals surface area contributed by atoms with Gasteiger partial charge >= 0.3 is 0 Å². The largest absolute Gasteiger partial charge is 0.490 e. The Morgan fingerprint density at radius 1 is 1.34 bits per heavy atom. The highest BCUT2D eigenvalue weighted by molar-refractivity contribution is 7.09. The van der Waals surface area contributed by atoms with Gasteiger partial charge in [0, 0.05) is 38.7 Å². The maximum atomic E-state index is 6.25. The molecular weight excluding hydrogens is 384 g/mol. The van der Waals surface area contributed by atoms with Crippen molar-refractivity contribution >= 4 is 17.3 Å². The van der Waals surface area contributed by atoms with Crippen molar-refractivity contribution < 1.29 is 9.47 Å². The lowest BCUT2D eigenvalue weighted by atomic mass is 10.2. The van der Waals surface area contributed by atoms with Gasteiger partial charge in [0.05, 0.1) is 18.3 Å². The second-order valence-electron chi connectivity index (χ2n) is 7.44. The molecule has 7 heteroatoms. The summed E-state index contributed by atoms with van der Waals surface area (Å²) in [5.41, 5.74) is 2.17. The van der Waals surface area contributed by atoms with Gasteiger partial charge in [0.15, 0.2) is 5.96 Å². The number of nitrogens with zero attached hydrogens (tertiary/aromatic N) is 3. The van der Waals surface area contributed by atoms with Crippen LogP contribution < -0.4 is 10.1 Å². The average molecular weight is 417 g/mol. The molecule has 0 bridgehead atoms. The molecule has 3 rings (SSSR count). The van der Waals surface area contributed by atoms with Gasteiger partial charge in [0.25, 0.3) is 0 Å². The minimum Gasteiger partial charge on any atom is -0.490 e. The van der Waals surface area contributed by atoms with Gasteiger partial charge < -0.3 is 19.7 Å². The number of methoxy groups -OCH3 is 1. The number of para-hydroxylation sites is 1. The smallest absolute Gasteiger partial charge is 0.194 e. The summed E-state index contributed by atoms with van der Waals surface area (Å²) < 4.78 is 11.6. The molecule has 1 aliphatic carbocycles. The van der Waals surface area contributed by atoms with E-state index in [1.54, 1.807) is 25.5 Å². The van der Waals surface area contributed by atoms with E-state index in [0.717, 1.165) is 40.8 Å². The summed E-state index contributed by atoms with van der Waals surface area (Å²) in [4.78, 5) is 11.2. The highest BCUT2D eigenvalue weighted by atomic mass is 32.1. The Morgan fingerprint density at radius 2 is 2.10 bits per heavy atom. The van der Waals surface area contributed by atoms with Crippen LogP contribution >= 0.6 is 11.3 Å². The molecule has 1 aliphatic rings. The minimum atomic E-state index is 0.0212. The highest BCUT2D eigenvalue weighted by Gasteiger charge is 2.18. The van der Waals surface area contributed by atoms with Crippen LogP contribution in [0.25, 0.3) is 0 Å². The normalized spacial score (nSPS) is 16.1. The number of guanidine groups is 1. The lowest BCUT2D eigenvalue weighted by Gasteiger charge is -2.22. The maximum absolute atomic E-state index is 6.25. The fourth-order valence-corrected chi connectivity index (χ4v) is 4.35. The number of ether oxygens (including phenoxy) is 2. The molecule has 1 aromatic carbocycles. The third-order valence-electron chi connectivity index (χ3n) is 5.25. The van der Waals surface area contributed by atoms with E-state index < -0.39 is 0 Å². The summed E-state index contributed by atoms with van der Waals surface area (Å²) in [5, 5.41) is 6.54. The molecule has 1 fully saturated rings. The summed E-state index contributed by atoms with van der Waals surface area (Å²) in [6.45, 7) is 3.37. The molecule has 2 aromatic rings.